The molecular weight excluding hydrogens is 544 g/mol. The minimum absolute atomic E-state index is 0.0269. The quantitative estimate of drug-likeness (QED) is 0.128. The summed E-state index contributed by atoms with van der Waals surface area (Å²) in [6, 6.07) is 12.4. The van der Waals surface area contributed by atoms with Crippen molar-refractivity contribution in [3.05, 3.63) is 72.1 Å². The molecule has 2 aromatic carbocycles. The summed E-state index contributed by atoms with van der Waals surface area (Å²) in [4.78, 5) is 57.3. The molecule has 2 amide bonds. The van der Waals surface area contributed by atoms with E-state index in [9.17, 15) is 29.4 Å². The maximum Gasteiger partial charge on any atom is 0.328 e. The third kappa shape index (κ3) is 6.96. The lowest BCUT2D eigenvalue weighted by Crippen LogP contribution is -2.56. The number of carbonyl (C=O) groups is 4. The van der Waals surface area contributed by atoms with E-state index in [0.29, 0.717) is 11.1 Å². The summed E-state index contributed by atoms with van der Waals surface area (Å²) in [7, 11) is 0. The van der Waals surface area contributed by atoms with Gasteiger partial charge >= 0.3 is 11.9 Å². The predicted molar refractivity (Wildman–Crippen MR) is 153 cm³/mol. The molecule has 0 saturated carbocycles. The minimum atomic E-state index is -2.25. The number of aromatic nitrogens is 2. The molecule has 0 fully saturated rings. The lowest BCUT2D eigenvalue weighted by molar-refractivity contribution is -0.153. The van der Waals surface area contributed by atoms with Gasteiger partial charge in [-0.1, -0.05) is 36.4 Å². The van der Waals surface area contributed by atoms with Crippen molar-refractivity contribution in [2.75, 3.05) is 13.2 Å². The van der Waals surface area contributed by atoms with Gasteiger partial charge < -0.3 is 40.3 Å². The Morgan fingerprint density at radius 1 is 0.690 bits per heavy atom. The van der Waals surface area contributed by atoms with Gasteiger partial charge in [0.05, 0.1) is 13.2 Å². The van der Waals surface area contributed by atoms with Crippen LogP contribution in [-0.2, 0) is 41.5 Å². The molecule has 4 atom stereocenters. The first-order chi connectivity index (χ1) is 20.2. The highest BCUT2D eigenvalue weighted by Gasteiger charge is 2.35. The number of hydrogen-bond acceptors (Lipinski definition) is 8. The molecular formula is C30H34N4O8. The van der Waals surface area contributed by atoms with E-state index in [1.807, 2.05) is 48.5 Å². The summed E-state index contributed by atoms with van der Waals surface area (Å²) in [5.41, 5.74) is 3.09. The number of carbonyl (C=O) groups excluding carboxylic acids is 4. The van der Waals surface area contributed by atoms with Gasteiger partial charge in [0.15, 0.2) is 12.2 Å². The van der Waals surface area contributed by atoms with Crippen molar-refractivity contribution in [3.63, 3.8) is 0 Å². The number of para-hydroxylation sites is 2. The van der Waals surface area contributed by atoms with E-state index in [-0.39, 0.29) is 26.1 Å². The number of ether oxygens (including phenoxy) is 2. The van der Waals surface area contributed by atoms with Gasteiger partial charge in [-0.25, -0.2) is 9.59 Å². The maximum atomic E-state index is 12.9. The molecule has 2 heterocycles. The molecule has 4 rings (SSSR count). The molecule has 0 aliphatic rings. The fourth-order valence-electron chi connectivity index (χ4n) is 4.71. The van der Waals surface area contributed by atoms with Gasteiger partial charge in [-0.2, -0.15) is 0 Å². The van der Waals surface area contributed by atoms with Crippen LogP contribution in [0.15, 0.2) is 60.9 Å². The van der Waals surface area contributed by atoms with E-state index in [1.165, 1.54) is 0 Å². The predicted octanol–water partition coefficient (Wildman–Crippen LogP) is 1.25. The van der Waals surface area contributed by atoms with E-state index in [1.54, 1.807) is 26.2 Å². The molecule has 0 radical (unpaired) electrons. The molecule has 42 heavy (non-hydrogen) atoms. The Morgan fingerprint density at radius 2 is 1.07 bits per heavy atom. The van der Waals surface area contributed by atoms with Crippen LogP contribution in [0.25, 0.3) is 21.8 Å². The highest BCUT2D eigenvalue weighted by Crippen LogP contribution is 2.21. The molecule has 0 unspecified atom stereocenters. The number of aliphatic hydroxyl groups is 2. The second-order valence-electron chi connectivity index (χ2n) is 9.64. The van der Waals surface area contributed by atoms with Crippen molar-refractivity contribution in [3.8, 4) is 0 Å². The molecule has 12 heteroatoms. The summed E-state index contributed by atoms with van der Waals surface area (Å²) < 4.78 is 10.2. The van der Waals surface area contributed by atoms with Crippen molar-refractivity contribution >= 4 is 45.6 Å². The molecule has 0 spiro atoms. The number of H-pyrrole nitrogens is 2. The number of aromatic amines is 2. The zero-order valence-electron chi connectivity index (χ0n) is 23.3. The topological polar surface area (TPSA) is 183 Å². The second-order valence-corrected chi connectivity index (χ2v) is 9.64. The Bertz CT molecular complexity index is 1440. The van der Waals surface area contributed by atoms with Gasteiger partial charge in [0.25, 0.3) is 11.8 Å². The third-order valence-corrected chi connectivity index (χ3v) is 6.81. The number of esters is 2. The molecule has 6 N–H and O–H groups in total. The van der Waals surface area contributed by atoms with Crippen LogP contribution in [0.3, 0.4) is 0 Å². The van der Waals surface area contributed by atoms with Crippen molar-refractivity contribution in [2.24, 2.45) is 0 Å². The molecule has 12 nitrogen and oxygen atoms in total. The fraction of sp³-hybridized carbons (Fsp3) is 0.333. The molecule has 0 saturated heterocycles. The van der Waals surface area contributed by atoms with E-state index in [2.05, 4.69) is 20.6 Å². The first-order valence-corrected chi connectivity index (χ1v) is 13.6. The van der Waals surface area contributed by atoms with E-state index in [0.717, 1.165) is 21.8 Å². The normalized spacial score (nSPS) is 14.1. The molecule has 2 aromatic heterocycles. The SMILES string of the molecule is CCOC(=O)[C@H](Cc1c[nH]c2ccccc12)NC(=O)[C@@H](O)[C@H](O)C(=O)N[C@@H](Cc1c[nH]c2ccccc12)C(=O)OCC. The van der Waals surface area contributed by atoms with E-state index >= 15 is 0 Å². The Hall–Kier alpha value is -4.68. The van der Waals surface area contributed by atoms with Crippen LogP contribution >= 0.6 is 0 Å². The molecule has 0 aliphatic carbocycles. The second kappa shape index (κ2) is 13.8. The van der Waals surface area contributed by atoms with Crippen molar-refractivity contribution in [1.82, 2.24) is 20.6 Å². The van der Waals surface area contributed by atoms with Gasteiger partial charge in [-0.05, 0) is 37.1 Å². The smallest absolute Gasteiger partial charge is 0.328 e. The highest BCUT2D eigenvalue weighted by atomic mass is 16.5. The minimum Gasteiger partial charge on any atom is -0.464 e. The van der Waals surface area contributed by atoms with Crippen LogP contribution in [0, 0.1) is 0 Å². The third-order valence-electron chi connectivity index (χ3n) is 6.81. The average molecular weight is 579 g/mol. The van der Waals surface area contributed by atoms with Gasteiger partial charge in [0.1, 0.15) is 12.1 Å². The number of amides is 2. The Morgan fingerprint density at radius 3 is 1.45 bits per heavy atom. The zero-order chi connectivity index (χ0) is 30.2. The fourth-order valence-corrected chi connectivity index (χ4v) is 4.71. The van der Waals surface area contributed by atoms with Crippen LogP contribution in [0.4, 0.5) is 0 Å². The van der Waals surface area contributed by atoms with Crippen LogP contribution in [0.2, 0.25) is 0 Å². The summed E-state index contributed by atoms with van der Waals surface area (Å²) >= 11 is 0. The molecule has 0 aliphatic heterocycles. The van der Waals surface area contributed by atoms with Crippen LogP contribution in [-0.4, -0.2) is 81.4 Å². The van der Waals surface area contributed by atoms with Gasteiger partial charge in [0.2, 0.25) is 0 Å². The number of hydrogen-bond donors (Lipinski definition) is 6. The van der Waals surface area contributed by atoms with Gasteiger partial charge in [0, 0.05) is 47.0 Å². The first-order valence-electron chi connectivity index (χ1n) is 13.6. The van der Waals surface area contributed by atoms with E-state index in [4.69, 9.17) is 9.47 Å². The monoisotopic (exact) mass is 578 g/mol. The van der Waals surface area contributed by atoms with Gasteiger partial charge in [-0.15, -0.1) is 0 Å². The van der Waals surface area contributed by atoms with E-state index < -0.39 is 48.0 Å². The van der Waals surface area contributed by atoms with Crippen LogP contribution in [0.1, 0.15) is 25.0 Å². The molecule has 0 bridgehead atoms. The first kappa shape index (κ1) is 30.3. The molecule has 222 valence electrons. The largest absolute Gasteiger partial charge is 0.464 e. The highest BCUT2D eigenvalue weighted by molar-refractivity contribution is 5.95. The van der Waals surface area contributed by atoms with Crippen LogP contribution < -0.4 is 10.6 Å². The standard InChI is InChI=1S/C30H34N4O8/c1-3-41-29(39)23(13-17-15-31-21-11-7-5-9-19(17)21)33-27(37)25(35)26(36)28(38)34-24(30(40)42-4-2)14-18-16-32-22-12-8-6-10-20(18)22/h5-12,15-16,23-26,31-32,35-36H,3-4,13-14H2,1-2H3,(H,33,37)(H,34,38)/t23-,24-,25-,26-/m0/s1. The van der Waals surface area contributed by atoms with Crippen molar-refractivity contribution < 1.29 is 38.9 Å². The number of fused-ring (bicyclic) bond motifs is 2. The van der Waals surface area contributed by atoms with Crippen molar-refractivity contribution in [1.29, 1.82) is 0 Å². The lowest BCUT2D eigenvalue weighted by atomic mass is 10.0. The summed E-state index contributed by atoms with van der Waals surface area (Å²) in [5.74, 6) is -3.83. The summed E-state index contributed by atoms with van der Waals surface area (Å²) in [5, 5.41) is 27.6. The maximum absolute atomic E-state index is 12.9. The van der Waals surface area contributed by atoms with Gasteiger partial charge in [-0.3, -0.25) is 9.59 Å². The van der Waals surface area contributed by atoms with Crippen molar-refractivity contribution in [2.45, 2.75) is 51.0 Å². The summed E-state index contributed by atoms with van der Waals surface area (Å²) in [6.45, 7) is 3.33. The Labute approximate surface area is 241 Å². The number of nitrogens with one attached hydrogen (secondary N) is 4. The number of rotatable bonds is 13. The Kier molecular flexibility index (Phi) is 9.94. The zero-order valence-corrected chi connectivity index (χ0v) is 23.3. The number of aliphatic hydroxyl groups excluding tert-OH is 2. The summed E-state index contributed by atoms with van der Waals surface area (Å²) in [6.07, 6.45) is -1.05. The van der Waals surface area contributed by atoms with Crippen LogP contribution in [0.5, 0.6) is 0 Å². The molecule has 4 aromatic rings. The lowest BCUT2D eigenvalue weighted by Gasteiger charge is -2.23. The number of benzene rings is 2. The average Bonchev–Trinajstić information content (AvgIpc) is 3.59. The Balaban J connectivity index is 1.45.